The molecule has 2 heteroatoms. The van der Waals surface area contributed by atoms with Crippen molar-refractivity contribution in [2.45, 2.75) is 70.4 Å². The van der Waals surface area contributed by atoms with E-state index in [2.05, 4.69) is 4.90 Å². The third kappa shape index (κ3) is 3.21. The number of aliphatic hydroxyl groups excluding tert-OH is 1. The van der Waals surface area contributed by atoms with Gasteiger partial charge in [0, 0.05) is 6.04 Å². The van der Waals surface area contributed by atoms with Crippen LogP contribution in [0, 0.1) is 5.92 Å². The Hall–Kier alpha value is -0.0800. The molecular weight excluding hydrogens is 198 g/mol. The van der Waals surface area contributed by atoms with Gasteiger partial charge in [-0.1, -0.05) is 12.8 Å². The van der Waals surface area contributed by atoms with Crippen molar-refractivity contribution in [1.82, 2.24) is 4.90 Å². The van der Waals surface area contributed by atoms with Crippen molar-refractivity contribution < 1.29 is 5.11 Å². The Bertz CT molecular complexity index is 199. The molecule has 1 heterocycles. The van der Waals surface area contributed by atoms with Crippen LogP contribution in [0.4, 0.5) is 0 Å². The highest BCUT2D eigenvalue weighted by Crippen LogP contribution is 2.35. The van der Waals surface area contributed by atoms with E-state index in [4.69, 9.17) is 0 Å². The van der Waals surface area contributed by atoms with Gasteiger partial charge in [0.2, 0.25) is 0 Å². The Balaban J connectivity index is 1.74. The first-order chi connectivity index (χ1) is 7.77. The van der Waals surface area contributed by atoms with Gasteiger partial charge in [-0.25, -0.2) is 0 Å². The normalized spacial score (nSPS) is 30.0. The van der Waals surface area contributed by atoms with E-state index < -0.39 is 0 Å². The topological polar surface area (TPSA) is 23.5 Å². The van der Waals surface area contributed by atoms with E-state index >= 15 is 0 Å². The molecule has 94 valence electrons. The zero-order valence-corrected chi connectivity index (χ0v) is 10.7. The molecule has 2 fully saturated rings. The molecule has 0 aromatic heterocycles. The van der Waals surface area contributed by atoms with Crippen molar-refractivity contribution in [2.24, 2.45) is 5.92 Å². The average molecular weight is 225 g/mol. The monoisotopic (exact) mass is 225 g/mol. The molecule has 1 saturated heterocycles. The maximum atomic E-state index is 9.29. The van der Waals surface area contributed by atoms with Crippen LogP contribution in [0.3, 0.4) is 0 Å². The number of aliphatic hydroxyl groups is 1. The van der Waals surface area contributed by atoms with Crippen LogP contribution >= 0.6 is 0 Å². The van der Waals surface area contributed by atoms with Crippen LogP contribution in [0.15, 0.2) is 0 Å². The predicted octanol–water partition coefficient (Wildman–Crippen LogP) is 2.80. The Kier molecular flexibility index (Phi) is 4.66. The van der Waals surface area contributed by atoms with Crippen LogP contribution < -0.4 is 0 Å². The first-order valence-corrected chi connectivity index (χ1v) is 7.19. The van der Waals surface area contributed by atoms with Crippen molar-refractivity contribution in [3.63, 3.8) is 0 Å². The van der Waals surface area contributed by atoms with Gasteiger partial charge in [-0.3, -0.25) is 0 Å². The van der Waals surface area contributed by atoms with Gasteiger partial charge in [-0.2, -0.15) is 0 Å². The van der Waals surface area contributed by atoms with E-state index in [1.54, 1.807) is 0 Å². The van der Waals surface area contributed by atoms with Gasteiger partial charge in [-0.15, -0.1) is 0 Å². The van der Waals surface area contributed by atoms with E-state index in [-0.39, 0.29) is 6.10 Å². The number of rotatable bonds is 5. The number of nitrogens with zero attached hydrogens (tertiary/aromatic N) is 1. The summed E-state index contributed by atoms with van der Waals surface area (Å²) in [7, 11) is 0. The van der Waals surface area contributed by atoms with Gasteiger partial charge in [0.25, 0.3) is 0 Å². The standard InChI is InChI=1S/C14H27NO/c1-12(16)6-4-10-15-11-5-9-14(15)13-7-2-3-8-13/h12-14,16H,2-11H2,1H3. The summed E-state index contributed by atoms with van der Waals surface area (Å²) in [5.41, 5.74) is 0. The molecule has 2 unspecified atom stereocenters. The zero-order valence-electron chi connectivity index (χ0n) is 10.7. The van der Waals surface area contributed by atoms with Crippen molar-refractivity contribution >= 4 is 0 Å². The summed E-state index contributed by atoms with van der Waals surface area (Å²) in [6, 6.07) is 0.886. The van der Waals surface area contributed by atoms with Gasteiger partial charge >= 0.3 is 0 Å². The first kappa shape index (κ1) is 12.4. The molecule has 1 aliphatic carbocycles. The lowest BCUT2D eigenvalue weighted by molar-refractivity contribution is 0.154. The Morgan fingerprint density at radius 2 is 1.94 bits per heavy atom. The lowest BCUT2D eigenvalue weighted by Gasteiger charge is -2.29. The molecule has 2 aliphatic rings. The van der Waals surface area contributed by atoms with Crippen molar-refractivity contribution in [2.75, 3.05) is 13.1 Å². The van der Waals surface area contributed by atoms with E-state index in [1.807, 2.05) is 6.92 Å². The smallest absolute Gasteiger partial charge is 0.0512 e. The van der Waals surface area contributed by atoms with Gasteiger partial charge in [0.15, 0.2) is 0 Å². The van der Waals surface area contributed by atoms with Crippen LogP contribution in [0.2, 0.25) is 0 Å². The van der Waals surface area contributed by atoms with Crippen LogP contribution in [0.25, 0.3) is 0 Å². The molecule has 1 N–H and O–H groups in total. The number of hydrogen-bond acceptors (Lipinski definition) is 2. The maximum Gasteiger partial charge on any atom is 0.0512 e. The summed E-state index contributed by atoms with van der Waals surface area (Å²) in [5, 5.41) is 9.29. The maximum absolute atomic E-state index is 9.29. The predicted molar refractivity (Wildman–Crippen MR) is 67.5 cm³/mol. The van der Waals surface area contributed by atoms with Crippen molar-refractivity contribution in [1.29, 1.82) is 0 Å². The van der Waals surface area contributed by atoms with Crippen molar-refractivity contribution in [3.05, 3.63) is 0 Å². The molecule has 0 aromatic rings. The molecule has 1 saturated carbocycles. The fraction of sp³-hybridized carbons (Fsp3) is 1.00. The van der Waals surface area contributed by atoms with Crippen molar-refractivity contribution in [3.8, 4) is 0 Å². The van der Waals surface area contributed by atoms with E-state index in [0.717, 1.165) is 18.4 Å². The zero-order chi connectivity index (χ0) is 11.4. The third-order valence-corrected chi connectivity index (χ3v) is 4.43. The minimum absolute atomic E-state index is 0.118. The Morgan fingerprint density at radius 1 is 1.19 bits per heavy atom. The average Bonchev–Trinajstić information content (AvgIpc) is 2.84. The highest BCUT2D eigenvalue weighted by atomic mass is 16.3. The SMILES string of the molecule is CC(O)CCCN1CCCC1C1CCCC1. The molecule has 2 nitrogen and oxygen atoms in total. The number of likely N-dealkylation sites (tertiary alicyclic amines) is 1. The minimum atomic E-state index is -0.118. The summed E-state index contributed by atoms with van der Waals surface area (Å²) in [5.74, 6) is 0.994. The molecule has 16 heavy (non-hydrogen) atoms. The van der Waals surface area contributed by atoms with Crippen LogP contribution in [-0.4, -0.2) is 35.2 Å². The molecular formula is C14H27NO. The van der Waals surface area contributed by atoms with E-state index in [0.29, 0.717) is 0 Å². The van der Waals surface area contributed by atoms with Gasteiger partial charge < -0.3 is 10.0 Å². The molecule has 0 radical (unpaired) electrons. The van der Waals surface area contributed by atoms with Crippen LogP contribution in [0.5, 0.6) is 0 Å². The molecule has 0 bridgehead atoms. The Labute approximate surface area is 100 Å². The van der Waals surface area contributed by atoms with Crippen LogP contribution in [-0.2, 0) is 0 Å². The molecule has 0 spiro atoms. The Morgan fingerprint density at radius 3 is 2.62 bits per heavy atom. The second kappa shape index (κ2) is 6.02. The van der Waals surface area contributed by atoms with Gasteiger partial charge in [-0.05, 0) is 64.5 Å². The lowest BCUT2D eigenvalue weighted by atomic mass is 9.96. The second-order valence-corrected chi connectivity index (χ2v) is 5.78. The van der Waals surface area contributed by atoms with E-state index in [1.165, 1.54) is 58.0 Å². The highest BCUT2D eigenvalue weighted by molar-refractivity contribution is 4.87. The molecule has 2 rings (SSSR count). The summed E-state index contributed by atoms with van der Waals surface area (Å²) in [6.45, 7) is 4.42. The quantitative estimate of drug-likeness (QED) is 0.777. The highest BCUT2D eigenvalue weighted by Gasteiger charge is 2.32. The summed E-state index contributed by atoms with van der Waals surface area (Å²) in [4.78, 5) is 2.71. The molecule has 0 aromatic carbocycles. The van der Waals surface area contributed by atoms with E-state index in [9.17, 15) is 5.11 Å². The second-order valence-electron chi connectivity index (χ2n) is 5.78. The summed E-state index contributed by atoms with van der Waals surface area (Å²) < 4.78 is 0. The lowest BCUT2D eigenvalue weighted by Crippen LogP contribution is -2.35. The molecule has 0 amide bonds. The fourth-order valence-corrected chi connectivity index (χ4v) is 3.60. The molecule has 2 atom stereocenters. The summed E-state index contributed by atoms with van der Waals surface area (Å²) in [6.07, 6.45) is 10.7. The summed E-state index contributed by atoms with van der Waals surface area (Å²) >= 11 is 0. The fourth-order valence-electron chi connectivity index (χ4n) is 3.60. The molecule has 1 aliphatic heterocycles. The minimum Gasteiger partial charge on any atom is -0.393 e. The largest absolute Gasteiger partial charge is 0.393 e. The first-order valence-electron chi connectivity index (χ1n) is 7.19. The van der Waals surface area contributed by atoms with Gasteiger partial charge in [0.1, 0.15) is 0 Å². The van der Waals surface area contributed by atoms with Gasteiger partial charge in [0.05, 0.1) is 6.10 Å². The third-order valence-electron chi connectivity index (χ3n) is 4.43. The van der Waals surface area contributed by atoms with Crippen LogP contribution in [0.1, 0.15) is 58.3 Å². The number of hydrogen-bond donors (Lipinski definition) is 1.